The van der Waals surface area contributed by atoms with Crippen LogP contribution in [0, 0.1) is 5.92 Å². The minimum absolute atomic E-state index is 0.137. The van der Waals surface area contributed by atoms with Gasteiger partial charge in [0.1, 0.15) is 0 Å². The van der Waals surface area contributed by atoms with Crippen LogP contribution >= 0.6 is 0 Å². The van der Waals surface area contributed by atoms with Crippen molar-refractivity contribution in [3.8, 4) is 0 Å². The van der Waals surface area contributed by atoms with Gasteiger partial charge in [-0.25, -0.2) is 0 Å². The summed E-state index contributed by atoms with van der Waals surface area (Å²) in [4.78, 5) is 20.9. The maximum absolute atomic E-state index is 10.6. The molecule has 0 aromatic heterocycles. The molecule has 1 atom stereocenters. The predicted molar refractivity (Wildman–Crippen MR) is 52.5 cm³/mol. The van der Waals surface area contributed by atoms with Gasteiger partial charge in [-0.15, -0.1) is 0 Å². The Balaban J connectivity index is 3.98. The molecular formula is C9H17NO5. The number of carboxylic acid groups (broad SMARTS) is 2. The van der Waals surface area contributed by atoms with Crippen LogP contribution in [-0.2, 0) is 14.3 Å². The largest absolute Gasteiger partial charge is 0.481 e. The minimum atomic E-state index is -1.17. The molecule has 0 radical (unpaired) electrons. The summed E-state index contributed by atoms with van der Waals surface area (Å²) in [5.41, 5.74) is 5.06. The van der Waals surface area contributed by atoms with Crippen molar-refractivity contribution in [2.24, 2.45) is 11.7 Å². The van der Waals surface area contributed by atoms with Crippen LogP contribution in [0.15, 0.2) is 0 Å². The zero-order chi connectivity index (χ0) is 12.1. The molecule has 0 aromatic carbocycles. The highest BCUT2D eigenvalue weighted by molar-refractivity contribution is 5.77. The van der Waals surface area contributed by atoms with E-state index in [1.54, 1.807) is 13.8 Å². The molecular weight excluding hydrogens is 202 g/mol. The van der Waals surface area contributed by atoms with Crippen LogP contribution in [-0.4, -0.2) is 40.9 Å². The lowest BCUT2D eigenvalue weighted by atomic mass is 10.1. The van der Waals surface area contributed by atoms with Gasteiger partial charge in [-0.05, 0) is 13.8 Å². The van der Waals surface area contributed by atoms with E-state index in [2.05, 4.69) is 0 Å². The Morgan fingerprint density at radius 1 is 1.40 bits per heavy atom. The third kappa shape index (κ3) is 7.90. The summed E-state index contributed by atoms with van der Waals surface area (Å²) in [6.45, 7) is 3.53. The van der Waals surface area contributed by atoms with Crippen LogP contribution < -0.4 is 5.73 Å². The van der Waals surface area contributed by atoms with E-state index >= 15 is 0 Å². The van der Waals surface area contributed by atoms with Crippen LogP contribution in [0.2, 0.25) is 0 Å². The van der Waals surface area contributed by atoms with Gasteiger partial charge in [0.25, 0.3) is 0 Å². The lowest BCUT2D eigenvalue weighted by Crippen LogP contribution is -2.38. The van der Waals surface area contributed by atoms with Gasteiger partial charge < -0.3 is 20.7 Å². The van der Waals surface area contributed by atoms with Crippen molar-refractivity contribution in [2.45, 2.75) is 25.8 Å². The first kappa shape index (κ1) is 13.9. The van der Waals surface area contributed by atoms with Crippen LogP contribution in [0.1, 0.15) is 20.3 Å². The second kappa shape index (κ2) is 5.67. The standard InChI is InChI=1S/C9H17NO5/c1-9(2,10)5-15-4-6(8(13)14)3-7(11)12/h6H,3-5,10H2,1-2H3,(H,11,12)(H,13,14). The molecule has 6 nitrogen and oxygen atoms in total. The molecule has 1 unspecified atom stereocenters. The first-order chi connectivity index (χ1) is 6.72. The Labute approximate surface area is 88.0 Å². The molecule has 6 heteroatoms. The summed E-state index contributed by atoms with van der Waals surface area (Å²) in [5.74, 6) is -3.35. The third-order valence-corrected chi connectivity index (χ3v) is 1.56. The van der Waals surface area contributed by atoms with E-state index in [1.165, 1.54) is 0 Å². The Hall–Kier alpha value is -1.14. The Morgan fingerprint density at radius 2 is 1.93 bits per heavy atom. The molecule has 0 aliphatic rings. The van der Waals surface area contributed by atoms with E-state index in [0.29, 0.717) is 0 Å². The van der Waals surface area contributed by atoms with Gasteiger partial charge in [0, 0.05) is 5.54 Å². The zero-order valence-corrected chi connectivity index (χ0v) is 8.90. The normalized spacial score (nSPS) is 13.5. The Bertz CT molecular complexity index is 233. The summed E-state index contributed by atoms with van der Waals surface area (Å²) in [6.07, 6.45) is -0.444. The average molecular weight is 219 g/mol. The highest BCUT2D eigenvalue weighted by Gasteiger charge is 2.22. The molecule has 15 heavy (non-hydrogen) atoms. The molecule has 0 saturated carbocycles. The van der Waals surface area contributed by atoms with Gasteiger partial charge in [-0.2, -0.15) is 0 Å². The molecule has 0 heterocycles. The monoisotopic (exact) mass is 219 g/mol. The molecule has 88 valence electrons. The van der Waals surface area contributed by atoms with Crippen molar-refractivity contribution in [3.05, 3.63) is 0 Å². The van der Waals surface area contributed by atoms with Crippen LogP contribution in [0.5, 0.6) is 0 Å². The van der Waals surface area contributed by atoms with E-state index in [1.807, 2.05) is 0 Å². The smallest absolute Gasteiger partial charge is 0.309 e. The Kier molecular flexibility index (Phi) is 5.24. The fourth-order valence-electron chi connectivity index (χ4n) is 0.893. The predicted octanol–water partition coefficient (Wildman–Crippen LogP) is -0.0842. The summed E-state index contributed by atoms with van der Waals surface area (Å²) < 4.78 is 5.05. The molecule has 0 amide bonds. The lowest BCUT2D eigenvalue weighted by molar-refractivity contribution is -0.150. The van der Waals surface area contributed by atoms with E-state index in [9.17, 15) is 9.59 Å². The number of ether oxygens (including phenoxy) is 1. The maximum Gasteiger partial charge on any atom is 0.309 e. The number of rotatable bonds is 7. The molecule has 0 rings (SSSR count). The van der Waals surface area contributed by atoms with Gasteiger partial charge in [0.05, 0.1) is 25.6 Å². The van der Waals surface area contributed by atoms with Crippen molar-refractivity contribution < 1.29 is 24.5 Å². The van der Waals surface area contributed by atoms with Gasteiger partial charge in [-0.1, -0.05) is 0 Å². The number of carboxylic acids is 2. The van der Waals surface area contributed by atoms with Crippen LogP contribution in [0.4, 0.5) is 0 Å². The molecule has 0 saturated heterocycles. The van der Waals surface area contributed by atoms with E-state index in [4.69, 9.17) is 20.7 Å². The summed E-state index contributed by atoms with van der Waals surface area (Å²) in [5, 5.41) is 17.1. The summed E-state index contributed by atoms with van der Waals surface area (Å²) >= 11 is 0. The number of carbonyl (C=O) groups is 2. The molecule has 0 aliphatic heterocycles. The molecule has 0 aromatic rings. The molecule has 0 fully saturated rings. The van der Waals surface area contributed by atoms with E-state index in [0.717, 1.165) is 0 Å². The average Bonchev–Trinajstić information content (AvgIpc) is 1.99. The zero-order valence-electron chi connectivity index (χ0n) is 8.90. The fourth-order valence-corrected chi connectivity index (χ4v) is 0.893. The van der Waals surface area contributed by atoms with Gasteiger partial charge in [0.15, 0.2) is 0 Å². The van der Waals surface area contributed by atoms with Crippen molar-refractivity contribution >= 4 is 11.9 Å². The van der Waals surface area contributed by atoms with Crippen molar-refractivity contribution in [1.29, 1.82) is 0 Å². The highest BCUT2D eigenvalue weighted by Crippen LogP contribution is 2.06. The first-order valence-electron chi connectivity index (χ1n) is 4.53. The van der Waals surface area contributed by atoms with Crippen molar-refractivity contribution in [1.82, 2.24) is 0 Å². The number of nitrogens with two attached hydrogens (primary N) is 1. The molecule has 0 bridgehead atoms. The van der Waals surface area contributed by atoms with E-state index in [-0.39, 0.29) is 13.2 Å². The van der Waals surface area contributed by atoms with E-state index < -0.39 is 29.8 Å². The molecule has 0 aliphatic carbocycles. The van der Waals surface area contributed by atoms with Crippen LogP contribution in [0.3, 0.4) is 0 Å². The minimum Gasteiger partial charge on any atom is -0.481 e. The highest BCUT2D eigenvalue weighted by atomic mass is 16.5. The first-order valence-corrected chi connectivity index (χ1v) is 4.53. The topological polar surface area (TPSA) is 110 Å². The second-order valence-electron chi connectivity index (χ2n) is 4.14. The van der Waals surface area contributed by atoms with Gasteiger partial charge in [-0.3, -0.25) is 9.59 Å². The molecule has 0 spiro atoms. The van der Waals surface area contributed by atoms with Gasteiger partial charge >= 0.3 is 11.9 Å². The number of aliphatic carboxylic acids is 2. The Morgan fingerprint density at radius 3 is 2.27 bits per heavy atom. The fraction of sp³-hybridized carbons (Fsp3) is 0.778. The number of hydrogen-bond acceptors (Lipinski definition) is 4. The maximum atomic E-state index is 10.6. The lowest BCUT2D eigenvalue weighted by Gasteiger charge is -2.19. The number of hydrogen-bond donors (Lipinski definition) is 3. The van der Waals surface area contributed by atoms with Crippen molar-refractivity contribution in [3.63, 3.8) is 0 Å². The van der Waals surface area contributed by atoms with Crippen molar-refractivity contribution in [2.75, 3.05) is 13.2 Å². The van der Waals surface area contributed by atoms with Crippen LogP contribution in [0.25, 0.3) is 0 Å². The van der Waals surface area contributed by atoms with Gasteiger partial charge in [0.2, 0.25) is 0 Å². The third-order valence-electron chi connectivity index (χ3n) is 1.56. The summed E-state index contributed by atoms with van der Waals surface area (Å²) in [6, 6.07) is 0. The quantitative estimate of drug-likeness (QED) is 0.552. The molecule has 4 N–H and O–H groups in total. The SMILES string of the molecule is CC(C)(N)COCC(CC(=O)O)C(=O)O. The second-order valence-corrected chi connectivity index (χ2v) is 4.14. The summed E-state index contributed by atoms with van der Waals surface area (Å²) in [7, 11) is 0.